The fourth-order valence-corrected chi connectivity index (χ4v) is 3.38. The van der Waals surface area contributed by atoms with Crippen LogP contribution in [0.15, 0.2) is 9.39 Å². The van der Waals surface area contributed by atoms with Crippen LogP contribution in [-0.2, 0) is 10.2 Å². The molecule has 0 aromatic carbocycles. The summed E-state index contributed by atoms with van der Waals surface area (Å²) in [5.74, 6) is 0. The number of nitrogens with zero attached hydrogens (tertiary/aromatic N) is 3. The van der Waals surface area contributed by atoms with E-state index < -0.39 is 10.2 Å². The molecule has 0 bridgehead atoms. The van der Waals surface area contributed by atoms with Gasteiger partial charge in [0, 0.05) is 6.04 Å². The molecule has 14 heavy (non-hydrogen) atoms. The average Bonchev–Trinajstić information content (AvgIpc) is 1.99. The van der Waals surface area contributed by atoms with E-state index >= 15 is 0 Å². The van der Waals surface area contributed by atoms with Crippen LogP contribution < -0.4 is 0 Å². The first-order chi connectivity index (χ1) is 6.38. The molecule has 8 heteroatoms. The van der Waals surface area contributed by atoms with Gasteiger partial charge < -0.3 is 0 Å². The summed E-state index contributed by atoms with van der Waals surface area (Å²) in [6.45, 7) is 3.41. The number of rotatable bonds is 1. The lowest BCUT2D eigenvalue weighted by Crippen LogP contribution is -2.41. The minimum absolute atomic E-state index is 0.0562. The Hall–Kier alpha value is -0.270. The Morgan fingerprint density at radius 3 is 2.43 bits per heavy atom. The fourth-order valence-electron chi connectivity index (χ4n) is 0.949. The molecule has 0 amide bonds. The molecule has 5 nitrogen and oxygen atoms in total. The molecule has 0 unspecified atom stereocenters. The van der Waals surface area contributed by atoms with Gasteiger partial charge in [-0.3, -0.25) is 0 Å². The highest BCUT2D eigenvalue weighted by Gasteiger charge is 2.31. The largest absolute Gasteiger partial charge is 0.349 e. The van der Waals surface area contributed by atoms with Crippen LogP contribution >= 0.6 is 23.4 Å². The zero-order valence-electron chi connectivity index (χ0n) is 7.93. The Morgan fingerprint density at radius 1 is 1.50 bits per heavy atom. The van der Waals surface area contributed by atoms with Crippen molar-refractivity contribution in [3.05, 3.63) is 0 Å². The first kappa shape index (κ1) is 11.8. The van der Waals surface area contributed by atoms with Gasteiger partial charge in [0.15, 0.2) is 0 Å². The summed E-state index contributed by atoms with van der Waals surface area (Å²) in [6.07, 6.45) is 1.69. The Kier molecular flexibility index (Phi) is 3.44. The van der Waals surface area contributed by atoms with Gasteiger partial charge in [-0.15, -0.1) is 4.40 Å². The summed E-state index contributed by atoms with van der Waals surface area (Å²) in [7, 11) is -3.70. The van der Waals surface area contributed by atoms with Gasteiger partial charge in [-0.1, -0.05) is 11.8 Å². The van der Waals surface area contributed by atoms with Crippen molar-refractivity contribution in [2.75, 3.05) is 6.26 Å². The molecule has 1 rings (SSSR count). The second kappa shape index (κ2) is 4.08. The molecule has 0 spiro atoms. The smallest absolute Gasteiger partial charge is 0.223 e. The van der Waals surface area contributed by atoms with Crippen LogP contribution in [0.25, 0.3) is 0 Å². The van der Waals surface area contributed by atoms with Crippen LogP contribution in [0.4, 0.5) is 0 Å². The SMILES string of the molecule is CSC1=NS(=O)(=O)N(C(C)C)C(Cl)=N1. The highest BCUT2D eigenvalue weighted by molar-refractivity contribution is 8.14. The Bertz CT molecular complexity index is 388. The molecular weight excluding hydrogens is 246 g/mol. The van der Waals surface area contributed by atoms with Gasteiger partial charge in [-0.05, 0) is 31.7 Å². The zero-order chi connectivity index (χ0) is 10.9. The number of halogens is 1. The summed E-state index contributed by atoms with van der Waals surface area (Å²) in [5, 5.41) is 0.103. The molecule has 0 N–H and O–H groups in total. The van der Waals surface area contributed by atoms with Crippen molar-refractivity contribution in [3.63, 3.8) is 0 Å². The lowest BCUT2D eigenvalue weighted by Gasteiger charge is -2.25. The summed E-state index contributed by atoms with van der Waals surface area (Å²) < 4.78 is 27.6. The van der Waals surface area contributed by atoms with Gasteiger partial charge in [0.25, 0.3) is 0 Å². The van der Waals surface area contributed by atoms with Gasteiger partial charge in [0.05, 0.1) is 0 Å². The van der Waals surface area contributed by atoms with E-state index in [0.29, 0.717) is 0 Å². The van der Waals surface area contributed by atoms with E-state index in [-0.39, 0.29) is 16.5 Å². The summed E-state index contributed by atoms with van der Waals surface area (Å²) >= 11 is 6.88. The number of aliphatic imine (C=N–C) groups is 1. The first-order valence-electron chi connectivity index (χ1n) is 3.81. The Morgan fingerprint density at radius 2 is 2.07 bits per heavy atom. The van der Waals surface area contributed by atoms with Crippen LogP contribution in [-0.4, -0.2) is 35.5 Å². The van der Waals surface area contributed by atoms with Crippen molar-refractivity contribution in [2.24, 2.45) is 9.39 Å². The van der Waals surface area contributed by atoms with Crippen molar-refractivity contribution in [3.8, 4) is 0 Å². The summed E-state index contributed by atoms with van der Waals surface area (Å²) in [4.78, 5) is 3.84. The maximum absolute atomic E-state index is 11.6. The van der Waals surface area contributed by atoms with Crippen molar-refractivity contribution in [2.45, 2.75) is 19.9 Å². The third-order valence-corrected chi connectivity index (χ3v) is 3.99. The minimum atomic E-state index is -3.70. The monoisotopic (exact) mass is 255 g/mol. The molecular formula is C6H10ClN3O2S2. The van der Waals surface area contributed by atoms with E-state index in [0.717, 1.165) is 16.1 Å². The zero-order valence-corrected chi connectivity index (χ0v) is 10.3. The molecule has 1 heterocycles. The molecule has 0 saturated carbocycles. The van der Waals surface area contributed by atoms with E-state index in [4.69, 9.17) is 11.6 Å². The van der Waals surface area contributed by atoms with Crippen LogP contribution in [0.3, 0.4) is 0 Å². The average molecular weight is 256 g/mol. The number of amidine groups is 2. The minimum Gasteiger partial charge on any atom is -0.223 e. The van der Waals surface area contributed by atoms with E-state index in [1.807, 2.05) is 0 Å². The molecule has 0 radical (unpaired) electrons. The van der Waals surface area contributed by atoms with Gasteiger partial charge in [-0.2, -0.15) is 13.4 Å². The van der Waals surface area contributed by atoms with Crippen LogP contribution in [0, 0.1) is 0 Å². The van der Waals surface area contributed by atoms with Gasteiger partial charge >= 0.3 is 10.2 Å². The highest BCUT2D eigenvalue weighted by atomic mass is 35.5. The number of hydrogen-bond acceptors (Lipinski definition) is 4. The predicted octanol–water partition coefficient (Wildman–Crippen LogP) is 1.27. The first-order valence-corrected chi connectivity index (χ1v) is 6.81. The second-order valence-corrected chi connectivity index (χ2v) is 5.41. The van der Waals surface area contributed by atoms with E-state index in [2.05, 4.69) is 9.39 Å². The molecule has 0 aromatic heterocycles. The molecule has 0 aromatic rings. The second-order valence-electron chi connectivity index (χ2n) is 2.83. The third-order valence-electron chi connectivity index (χ3n) is 1.46. The fraction of sp³-hybridized carbons (Fsp3) is 0.667. The molecule has 0 atom stereocenters. The molecule has 80 valence electrons. The lowest BCUT2D eigenvalue weighted by molar-refractivity contribution is 0.475. The lowest BCUT2D eigenvalue weighted by atomic mass is 10.4. The quantitative estimate of drug-likeness (QED) is 0.663. The van der Waals surface area contributed by atoms with Gasteiger partial charge in [-0.25, -0.2) is 4.31 Å². The predicted molar refractivity (Wildman–Crippen MR) is 60.1 cm³/mol. The molecule has 0 saturated heterocycles. The normalized spacial score (nSPS) is 20.8. The Labute approximate surface area is 92.4 Å². The van der Waals surface area contributed by atoms with Crippen molar-refractivity contribution >= 4 is 44.0 Å². The molecule has 1 aliphatic heterocycles. The number of thioether (sulfide) groups is 1. The van der Waals surface area contributed by atoms with Crippen molar-refractivity contribution in [1.82, 2.24) is 4.31 Å². The maximum Gasteiger partial charge on any atom is 0.349 e. The van der Waals surface area contributed by atoms with Gasteiger partial charge in [0.2, 0.25) is 10.5 Å². The van der Waals surface area contributed by atoms with Crippen LogP contribution in [0.2, 0.25) is 0 Å². The van der Waals surface area contributed by atoms with E-state index in [9.17, 15) is 8.42 Å². The Balaban J connectivity index is 3.19. The molecule has 1 aliphatic rings. The highest BCUT2D eigenvalue weighted by Crippen LogP contribution is 2.20. The summed E-state index contributed by atoms with van der Waals surface area (Å²) in [5.41, 5.74) is 0. The topological polar surface area (TPSA) is 62.1 Å². The van der Waals surface area contributed by atoms with Crippen LogP contribution in [0.5, 0.6) is 0 Å². The van der Waals surface area contributed by atoms with E-state index in [1.165, 1.54) is 0 Å². The number of hydrogen-bond donors (Lipinski definition) is 0. The third kappa shape index (κ3) is 2.21. The van der Waals surface area contributed by atoms with Crippen molar-refractivity contribution < 1.29 is 8.42 Å². The van der Waals surface area contributed by atoms with Gasteiger partial charge in [0.1, 0.15) is 0 Å². The summed E-state index contributed by atoms with van der Waals surface area (Å²) in [6, 6.07) is -0.289. The molecule has 0 fully saturated rings. The maximum atomic E-state index is 11.6. The standard InChI is InChI=1S/C6H10ClN3O2S2/c1-4(2)10-5(7)8-6(13-3)9-14(10,11)12/h4H,1-3H3. The van der Waals surface area contributed by atoms with Crippen molar-refractivity contribution in [1.29, 1.82) is 0 Å². The van der Waals surface area contributed by atoms with E-state index in [1.54, 1.807) is 20.1 Å². The van der Waals surface area contributed by atoms with Crippen LogP contribution in [0.1, 0.15) is 13.8 Å². The molecule has 0 aliphatic carbocycles.